The SMILES string of the molecule is Cc1ccc(F)c(S(=O)(=O)NCCSCCCO)c1. The van der Waals surface area contributed by atoms with Crippen LogP contribution in [0, 0.1) is 12.7 Å². The van der Waals surface area contributed by atoms with E-state index in [9.17, 15) is 12.8 Å². The van der Waals surface area contributed by atoms with E-state index in [1.54, 1.807) is 18.7 Å². The van der Waals surface area contributed by atoms with Gasteiger partial charge in [0.2, 0.25) is 10.0 Å². The monoisotopic (exact) mass is 307 g/mol. The van der Waals surface area contributed by atoms with Crippen molar-refractivity contribution >= 4 is 21.8 Å². The van der Waals surface area contributed by atoms with Crippen LogP contribution in [-0.4, -0.2) is 38.2 Å². The lowest BCUT2D eigenvalue weighted by Crippen LogP contribution is -2.27. The van der Waals surface area contributed by atoms with Crippen molar-refractivity contribution in [3.8, 4) is 0 Å². The van der Waals surface area contributed by atoms with E-state index in [-0.39, 0.29) is 18.0 Å². The van der Waals surface area contributed by atoms with Crippen LogP contribution in [0.4, 0.5) is 4.39 Å². The van der Waals surface area contributed by atoms with E-state index in [1.807, 2.05) is 0 Å². The van der Waals surface area contributed by atoms with E-state index in [2.05, 4.69) is 4.72 Å². The molecular weight excluding hydrogens is 289 g/mol. The van der Waals surface area contributed by atoms with Crippen molar-refractivity contribution in [1.29, 1.82) is 0 Å². The van der Waals surface area contributed by atoms with Gasteiger partial charge in [-0.3, -0.25) is 0 Å². The van der Waals surface area contributed by atoms with Crippen LogP contribution in [0.2, 0.25) is 0 Å². The summed E-state index contributed by atoms with van der Waals surface area (Å²) in [6.45, 7) is 2.09. The molecule has 0 saturated carbocycles. The van der Waals surface area contributed by atoms with E-state index in [4.69, 9.17) is 5.11 Å². The molecule has 1 rings (SSSR count). The standard InChI is InChI=1S/C12H18FNO3S2/c1-10-3-4-11(13)12(9-10)19(16,17)14-5-8-18-7-2-6-15/h3-4,9,14-15H,2,5-8H2,1H3. The second-order valence-corrected chi connectivity index (χ2v) is 6.98. The van der Waals surface area contributed by atoms with E-state index in [1.165, 1.54) is 12.1 Å². The quantitative estimate of drug-likeness (QED) is 0.715. The molecule has 0 atom stereocenters. The van der Waals surface area contributed by atoms with Crippen molar-refractivity contribution in [2.45, 2.75) is 18.2 Å². The summed E-state index contributed by atoms with van der Waals surface area (Å²) in [5.74, 6) is 0.620. The smallest absolute Gasteiger partial charge is 0.243 e. The lowest BCUT2D eigenvalue weighted by molar-refractivity contribution is 0.296. The van der Waals surface area contributed by atoms with Crippen molar-refractivity contribution in [2.75, 3.05) is 24.7 Å². The average molecular weight is 307 g/mol. The third kappa shape index (κ3) is 5.48. The molecule has 19 heavy (non-hydrogen) atoms. The van der Waals surface area contributed by atoms with Gasteiger partial charge in [-0.25, -0.2) is 17.5 Å². The molecule has 108 valence electrons. The van der Waals surface area contributed by atoms with E-state index < -0.39 is 15.8 Å². The molecule has 0 aliphatic heterocycles. The maximum atomic E-state index is 13.5. The predicted molar refractivity (Wildman–Crippen MR) is 75.4 cm³/mol. The minimum atomic E-state index is -3.79. The number of benzene rings is 1. The molecule has 1 aromatic carbocycles. The molecule has 7 heteroatoms. The predicted octanol–water partition coefficient (Wildman–Crippen LogP) is 1.53. The zero-order valence-corrected chi connectivity index (χ0v) is 12.4. The molecule has 0 heterocycles. The van der Waals surface area contributed by atoms with Crippen LogP contribution in [0.3, 0.4) is 0 Å². The normalized spacial score (nSPS) is 11.7. The summed E-state index contributed by atoms with van der Waals surface area (Å²) >= 11 is 1.54. The summed E-state index contributed by atoms with van der Waals surface area (Å²) in [5, 5.41) is 8.59. The molecule has 0 aliphatic carbocycles. The van der Waals surface area contributed by atoms with Crippen LogP contribution < -0.4 is 4.72 Å². The van der Waals surface area contributed by atoms with Gasteiger partial charge in [-0.2, -0.15) is 11.8 Å². The molecule has 0 radical (unpaired) electrons. The summed E-state index contributed by atoms with van der Waals surface area (Å²) in [6, 6.07) is 4.00. The highest BCUT2D eigenvalue weighted by Gasteiger charge is 2.18. The minimum Gasteiger partial charge on any atom is -0.396 e. The van der Waals surface area contributed by atoms with Gasteiger partial charge in [0.05, 0.1) is 0 Å². The Morgan fingerprint density at radius 1 is 1.37 bits per heavy atom. The number of aliphatic hydroxyl groups excluding tert-OH is 1. The van der Waals surface area contributed by atoms with Crippen LogP contribution >= 0.6 is 11.8 Å². The van der Waals surface area contributed by atoms with Crippen LogP contribution in [-0.2, 0) is 10.0 Å². The van der Waals surface area contributed by atoms with Crippen LogP contribution in [0.1, 0.15) is 12.0 Å². The fourth-order valence-electron chi connectivity index (χ4n) is 1.41. The number of thioether (sulfide) groups is 1. The van der Waals surface area contributed by atoms with Gasteiger partial charge in [0.1, 0.15) is 10.7 Å². The molecule has 0 spiro atoms. The minimum absolute atomic E-state index is 0.132. The van der Waals surface area contributed by atoms with Gasteiger partial charge in [-0.05, 0) is 36.8 Å². The Hall–Kier alpha value is -0.630. The Kier molecular flexibility index (Phi) is 6.78. The van der Waals surface area contributed by atoms with Gasteiger partial charge in [-0.15, -0.1) is 0 Å². The first kappa shape index (κ1) is 16.4. The third-order valence-corrected chi connectivity index (χ3v) is 4.91. The van der Waals surface area contributed by atoms with Gasteiger partial charge in [0.15, 0.2) is 0 Å². The second-order valence-electron chi connectivity index (χ2n) is 4.02. The van der Waals surface area contributed by atoms with Crippen molar-refractivity contribution in [1.82, 2.24) is 4.72 Å². The molecule has 4 nitrogen and oxygen atoms in total. The number of hydrogen-bond acceptors (Lipinski definition) is 4. The molecule has 0 aromatic heterocycles. The van der Waals surface area contributed by atoms with Crippen LogP contribution in [0.5, 0.6) is 0 Å². The number of nitrogens with one attached hydrogen (secondary N) is 1. The third-order valence-electron chi connectivity index (χ3n) is 2.36. The Balaban J connectivity index is 2.54. The zero-order chi connectivity index (χ0) is 14.3. The highest BCUT2D eigenvalue weighted by atomic mass is 32.2. The summed E-state index contributed by atoms with van der Waals surface area (Å²) < 4.78 is 39.6. The summed E-state index contributed by atoms with van der Waals surface area (Å²) in [4.78, 5) is -0.312. The molecule has 0 aliphatic rings. The van der Waals surface area contributed by atoms with Gasteiger partial charge >= 0.3 is 0 Å². The lowest BCUT2D eigenvalue weighted by Gasteiger charge is -2.08. The molecule has 0 amide bonds. The van der Waals surface area contributed by atoms with E-state index in [0.717, 1.165) is 11.8 Å². The van der Waals surface area contributed by atoms with Gasteiger partial charge in [0.25, 0.3) is 0 Å². The van der Waals surface area contributed by atoms with Gasteiger partial charge in [0, 0.05) is 18.9 Å². The summed E-state index contributed by atoms with van der Waals surface area (Å²) in [6.07, 6.45) is 0.684. The van der Waals surface area contributed by atoms with Crippen molar-refractivity contribution in [3.05, 3.63) is 29.6 Å². The number of aliphatic hydroxyl groups is 1. The fraction of sp³-hybridized carbons (Fsp3) is 0.500. The van der Waals surface area contributed by atoms with E-state index >= 15 is 0 Å². The number of aryl methyl sites for hydroxylation is 1. The Morgan fingerprint density at radius 2 is 2.11 bits per heavy atom. The molecule has 2 N–H and O–H groups in total. The highest BCUT2D eigenvalue weighted by molar-refractivity contribution is 7.99. The van der Waals surface area contributed by atoms with Gasteiger partial charge < -0.3 is 5.11 Å². The lowest BCUT2D eigenvalue weighted by atomic mass is 10.2. The Labute approximate surface area is 117 Å². The molecule has 0 bridgehead atoms. The first-order valence-electron chi connectivity index (χ1n) is 5.92. The number of rotatable bonds is 8. The first-order valence-corrected chi connectivity index (χ1v) is 8.55. The summed E-state index contributed by atoms with van der Waals surface area (Å²) in [7, 11) is -3.79. The topological polar surface area (TPSA) is 66.4 Å². The average Bonchev–Trinajstić information content (AvgIpc) is 2.36. The van der Waals surface area contributed by atoms with Crippen molar-refractivity contribution in [3.63, 3.8) is 0 Å². The molecule has 0 saturated heterocycles. The number of halogens is 1. The largest absolute Gasteiger partial charge is 0.396 e. The first-order chi connectivity index (χ1) is 8.97. The van der Waals surface area contributed by atoms with Crippen LogP contribution in [0.25, 0.3) is 0 Å². The Morgan fingerprint density at radius 3 is 2.79 bits per heavy atom. The van der Waals surface area contributed by atoms with Crippen molar-refractivity contribution in [2.24, 2.45) is 0 Å². The zero-order valence-electron chi connectivity index (χ0n) is 10.7. The molecular formula is C12H18FNO3S2. The fourth-order valence-corrected chi connectivity index (χ4v) is 3.52. The molecule has 0 fully saturated rings. The number of sulfonamides is 1. The van der Waals surface area contributed by atoms with E-state index in [0.29, 0.717) is 17.7 Å². The number of hydrogen-bond donors (Lipinski definition) is 2. The molecule has 0 unspecified atom stereocenters. The maximum Gasteiger partial charge on any atom is 0.243 e. The van der Waals surface area contributed by atoms with Crippen molar-refractivity contribution < 1.29 is 17.9 Å². The molecule has 1 aromatic rings. The van der Waals surface area contributed by atoms with Gasteiger partial charge in [-0.1, -0.05) is 6.07 Å². The van der Waals surface area contributed by atoms with Crippen LogP contribution in [0.15, 0.2) is 23.1 Å². The summed E-state index contributed by atoms with van der Waals surface area (Å²) in [5.41, 5.74) is 0.694. The highest BCUT2D eigenvalue weighted by Crippen LogP contribution is 2.15. The maximum absolute atomic E-state index is 13.5. The second kappa shape index (κ2) is 7.84. The Bertz CT molecular complexity index is 506.